The Labute approximate surface area is 147 Å². The summed E-state index contributed by atoms with van der Waals surface area (Å²) in [4.78, 5) is 12.4. The maximum Gasteiger partial charge on any atom is 0.251 e. The minimum absolute atomic E-state index is 0.0427. The highest BCUT2D eigenvalue weighted by molar-refractivity contribution is 7.91. The standard InChI is InChI=1S/C15H20N2O6S2/c18-15(16-13-4-9-24(19,20)11-13)12-2-1-3-14(10-12)25(21,22)17-5-7-23-8-6-17/h1-3,10,13H,4-9,11H2,(H,16,18)/t13-/m1/s1. The second-order valence-corrected chi connectivity index (χ2v) is 10.3. The van der Waals surface area contributed by atoms with Crippen LogP contribution in [0.5, 0.6) is 0 Å². The summed E-state index contributed by atoms with van der Waals surface area (Å²) in [5.74, 6) is -0.491. The largest absolute Gasteiger partial charge is 0.379 e. The van der Waals surface area contributed by atoms with E-state index in [1.54, 1.807) is 0 Å². The van der Waals surface area contributed by atoms with Crippen molar-refractivity contribution in [3.63, 3.8) is 0 Å². The van der Waals surface area contributed by atoms with E-state index in [-0.39, 0.29) is 35.1 Å². The number of benzene rings is 1. The fraction of sp³-hybridized carbons (Fsp3) is 0.533. The van der Waals surface area contributed by atoms with Crippen LogP contribution in [-0.4, -0.2) is 70.9 Å². The summed E-state index contributed by atoms with van der Waals surface area (Å²) in [5, 5.41) is 2.66. The van der Waals surface area contributed by atoms with Crippen LogP contribution >= 0.6 is 0 Å². The lowest BCUT2D eigenvalue weighted by Gasteiger charge is -2.26. The first-order valence-corrected chi connectivity index (χ1v) is 11.2. The Kier molecular flexibility index (Phi) is 5.14. The quantitative estimate of drug-likeness (QED) is 0.753. The normalized spacial score (nSPS) is 24.1. The van der Waals surface area contributed by atoms with Gasteiger partial charge in [-0.2, -0.15) is 4.31 Å². The minimum Gasteiger partial charge on any atom is -0.379 e. The lowest BCUT2D eigenvalue weighted by molar-refractivity contribution is 0.0730. The van der Waals surface area contributed by atoms with Crippen LogP contribution in [0.25, 0.3) is 0 Å². The van der Waals surface area contributed by atoms with Gasteiger partial charge in [0.15, 0.2) is 9.84 Å². The van der Waals surface area contributed by atoms with Crippen molar-refractivity contribution in [1.82, 2.24) is 9.62 Å². The first-order chi connectivity index (χ1) is 11.8. The fourth-order valence-corrected chi connectivity index (χ4v) is 6.04. The molecule has 0 bridgehead atoms. The van der Waals surface area contributed by atoms with Crippen LogP contribution in [0.2, 0.25) is 0 Å². The van der Waals surface area contributed by atoms with E-state index in [2.05, 4.69) is 5.32 Å². The number of sulfone groups is 1. The van der Waals surface area contributed by atoms with Gasteiger partial charge in [-0.1, -0.05) is 6.07 Å². The van der Waals surface area contributed by atoms with Crippen LogP contribution in [0, 0.1) is 0 Å². The maximum atomic E-state index is 12.7. The van der Waals surface area contributed by atoms with Crippen LogP contribution in [-0.2, 0) is 24.6 Å². The highest BCUT2D eigenvalue weighted by Gasteiger charge is 2.30. The number of nitrogens with one attached hydrogen (secondary N) is 1. The Morgan fingerprint density at radius 1 is 1.24 bits per heavy atom. The molecule has 8 nitrogen and oxygen atoms in total. The van der Waals surface area contributed by atoms with E-state index >= 15 is 0 Å². The van der Waals surface area contributed by atoms with Gasteiger partial charge in [-0.15, -0.1) is 0 Å². The van der Waals surface area contributed by atoms with E-state index in [0.29, 0.717) is 19.6 Å². The highest BCUT2D eigenvalue weighted by Crippen LogP contribution is 2.19. The van der Waals surface area contributed by atoms with Gasteiger partial charge in [0.25, 0.3) is 5.91 Å². The van der Waals surface area contributed by atoms with Crippen LogP contribution < -0.4 is 5.32 Å². The number of amides is 1. The molecule has 0 spiro atoms. The van der Waals surface area contributed by atoms with E-state index in [0.717, 1.165) is 0 Å². The number of rotatable bonds is 4. The van der Waals surface area contributed by atoms with Gasteiger partial charge >= 0.3 is 0 Å². The molecule has 1 amide bonds. The molecule has 25 heavy (non-hydrogen) atoms. The molecule has 1 aromatic rings. The van der Waals surface area contributed by atoms with Gasteiger partial charge in [0, 0.05) is 24.7 Å². The van der Waals surface area contributed by atoms with E-state index in [9.17, 15) is 21.6 Å². The third-order valence-electron chi connectivity index (χ3n) is 4.27. The molecule has 0 aromatic heterocycles. The van der Waals surface area contributed by atoms with Gasteiger partial charge in [0.05, 0.1) is 29.6 Å². The van der Waals surface area contributed by atoms with Gasteiger partial charge in [0.1, 0.15) is 0 Å². The summed E-state index contributed by atoms with van der Waals surface area (Å²) in [5.41, 5.74) is 0.193. The summed E-state index contributed by atoms with van der Waals surface area (Å²) in [6, 6.07) is 5.35. The summed E-state index contributed by atoms with van der Waals surface area (Å²) in [7, 11) is -6.78. The summed E-state index contributed by atoms with van der Waals surface area (Å²) in [6.45, 7) is 1.24. The van der Waals surface area contributed by atoms with Gasteiger partial charge in [-0.05, 0) is 24.6 Å². The third kappa shape index (κ3) is 4.20. The van der Waals surface area contributed by atoms with Gasteiger partial charge in [0.2, 0.25) is 10.0 Å². The number of morpholine rings is 1. The molecule has 1 N–H and O–H groups in total. The number of nitrogens with zero attached hydrogens (tertiary/aromatic N) is 1. The van der Waals surface area contributed by atoms with Crippen molar-refractivity contribution in [2.45, 2.75) is 17.4 Å². The second kappa shape index (κ2) is 7.02. The molecular formula is C15H20N2O6S2. The van der Waals surface area contributed by atoms with Gasteiger partial charge in [-0.25, -0.2) is 16.8 Å². The summed E-state index contributed by atoms with van der Waals surface area (Å²) in [6.07, 6.45) is 0.375. The molecule has 0 unspecified atom stereocenters. The van der Waals surface area contributed by atoms with Crippen molar-refractivity contribution in [2.75, 3.05) is 37.8 Å². The van der Waals surface area contributed by atoms with Gasteiger partial charge in [-0.3, -0.25) is 4.79 Å². The monoisotopic (exact) mass is 388 g/mol. The number of ether oxygens (including phenoxy) is 1. The van der Waals surface area contributed by atoms with Gasteiger partial charge < -0.3 is 10.1 Å². The van der Waals surface area contributed by atoms with Crippen LogP contribution in [0.3, 0.4) is 0 Å². The zero-order valence-corrected chi connectivity index (χ0v) is 15.2. The van der Waals surface area contributed by atoms with Crippen molar-refractivity contribution in [1.29, 1.82) is 0 Å². The average Bonchev–Trinajstić information content (AvgIpc) is 2.94. The SMILES string of the molecule is O=C(N[C@@H]1CCS(=O)(=O)C1)c1cccc(S(=O)(=O)N2CCOCC2)c1. The smallest absolute Gasteiger partial charge is 0.251 e. The Hall–Kier alpha value is -1.49. The van der Waals surface area contributed by atoms with Crippen molar-refractivity contribution >= 4 is 25.8 Å². The molecule has 2 aliphatic heterocycles. The summed E-state index contributed by atoms with van der Waals surface area (Å²) < 4.78 is 54.7. The molecule has 3 rings (SSSR count). The zero-order valence-electron chi connectivity index (χ0n) is 13.5. The fourth-order valence-electron chi connectivity index (χ4n) is 2.91. The number of carbonyl (C=O) groups is 1. The molecule has 2 aliphatic rings. The molecule has 0 aliphatic carbocycles. The van der Waals surface area contributed by atoms with E-state index in [4.69, 9.17) is 4.74 Å². The van der Waals surface area contributed by atoms with Crippen molar-refractivity contribution in [3.05, 3.63) is 29.8 Å². The predicted octanol–water partition coefficient (Wildman–Crippen LogP) is -0.376. The molecule has 0 saturated carbocycles. The molecule has 2 saturated heterocycles. The third-order valence-corrected chi connectivity index (χ3v) is 7.93. The Morgan fingerprint density at radius 3 is 2.60 bits per heavy atom. The van der Waals surface area contributed by atoms with Crippen LogP contribution in [0.1, 0.15) is 16.8 Å². The second-order valence-electron chi connectivity index (χ2n) is 6.12. The number of hydrogen-bond acceptors (Lipinski definition) is 6. The summed E-state index contributed by atoms with van der Waals surface area (Å²) >= 11 is 0. The number of carbonyl (C=O) groups excluding carboxylic acids is 1. The molecule has 0 radical (unpaired) electrons. The Balaban J connectivity index is 1.76. The predicted molar refractivity (Wildman–Crippen MR) is 90.5 cm³/mol. The minimum atomic E-state index is -3.69. The molecule has 2 fully saturated rings. The number of hydrogen-bond donors (Lipinski definition) is 1. The van der Waals surface area contributed by atoms with Crippen molar-refractivity contribution in [3.8, 4) is 0 Å². The highest BCUT2D eigenvalue weighted by atomic mass is 32.2. The lowest BCUT2D eigenvalue weighted by atomic mass is 10.2. The molecule has 1 aromatic carbocycles. The van der Waals surface area contributed by atoms with E-state index in [1.165, 1.54) is 28.6 Å². The molecule has 138 valence electrons. The molecule has 1 atom stereocenters. The first kappa shape index (κ1) is 18.3. The Morgan fingerprint density at radius 2 is 1.96 bits per heavy atom. The number of sulfonamides is 1. The van der Waals surface area contributed by atoms with Crippen LogP contribution in [0.15, 0.2) is 29.2 Å². The lowest BCUT2D eigenvalue weighted by Crippen LogP contribution is -2.40. The van der Waals surface area contributed by atoms with E-state index in [1.807, 2.05) is 0 Å². The van der Waals surface area contributed by atoms with Crippen molar-refractivity contribution < 1.29 is 26.4 Å². The van der Waals surface area contributed by atoms with Crippen molar-refractivity contribution in [2.24, 2.45) is 0 Å². The van der Waals surface area contributed by atoms with E-state index < -0.39 is 31.8 Å². The molecule has 10 heteroatoms. The molecule has 2 heterocycles. The Bertz CT molecular complexity index is 860. The topological polar surface area (TPSA) is 110 Å². The molecular weight excluding hydrogens is 368 g/mol. The first-order valence-electron chi connectivity index (χ1n) is 7.97. The maximum absolute atomic E-state index is 12.7. The zero-order chi connectivity index (χ0) is 18.1. The van der Waals surface area contributed by atoms with Crippen LogP contribution in [0.4, 0.5) is 0 Å². The average molecular weight is 388 g/mol.